The van der Waals surface area contributed by atoms with Gasteiger partial charge in [0.15, 0.2) is 11.6 Å². The average molecular weight is 317 g/mol. The Bertz CT molecular complexity index is 639. The minimum absolute atomic E-state index is 0.302. The maximum atomic E-state index is 13.7. The van der Waals surface area contributed by atoms with Gasteiger partial charge in [-0.3, -0.25) is 9.52 Å². The van der Waals surface area contributed by atoms with Crippen LogP contribution in [-0.2, 0) is 10.0 Å². The van der Waals surface area contributed by atoms with Gasteiger partial charge in [-0.2, -0.15) is 21.6 Å². The molecule has 0 amide bonds. The van der Waals surface area contributed by atoms with E-state index in [2.05, 4.69) is 0 Å². The maximum Gasteiger partial charge on any atom is 0.516 e. The van der Waals surface area contributed by atoms with Crippen molar-refractivity contribution in [3.8, 4) is 0 Å². The number of halogens is 5. The van der Waals surface area contributed by atoms with Crippen LogP contribution >= 0.6 is 0 Å². The number of alkyl halides is 3. The Kier molecular flexibility index (Phi) is 4.37. The monoisotopic (exact) mass is 317 g/mol. The van der Waals surface area contributed by atoms with Gasteiger partial charge in [0.05, 0.1) is 11.3 Å². The molecule has 112 valence electrons. The van der Waals surface area contributed by atoms with Gasteiger partial charge in [0, 0.05) is 6.42 Å². The SMILES string of the molecule is CCC(=O)c1c(F)ccc(NS(=O)(=O)C(F)(F)F)c1F. The van der Waals surface area contributed by atoms with Crippen LogP contribution in [-0.4, -0.2) is 19.7 Å². The number of carbonyl (C=O) groups excluding carboxylic acids is 1. The summed E-state index contributed by atoms with van der Waals surface area (Å²) >= 11 is 0. The molecule has 20 heavy (non-hydrogen) atoms. The molecule has 0 unspecified atom stereocenters. The first-order chi connectivity index (χ1) is 9.01. The van der Waals surface area contributed by atoms with Crippen LogP contribution in [0.5, 0.6) is 0 Å². The highest BCUT2D eigenvalue weighted by Gasteiger charge is 2.46. The van der Waals surface area contributed by atoms with E-state index in [1.165, 1.54) is 6.92 Å². The van der Waals surface area contributed by atoms with Crippen LogP contribution in [0.1, 0.15) is 23.7 Å². The molecule has 4 nitrogen and oxygen atoms in total. The van der Waals surface area contributed by atoms with Crippen LogP contribution in [0.3, 0.4) is 0 Å². The van der Waals surface area contributed by atoms with Gasteiger partial charge in [0.2, 0.25) is 0 Å². The zero-order chi connectivity index (χ0) is 15.7. The molecule has 0 bridgehead atoms. The summed E-state index contributed by atoms with van der Waals surface area (Å²) in [7, 11) is -5.86. The summed E-state index contributed by atoms with van der Waals surface area (Å²) in [5.74, 6) is -3.98. The molecule has 0 fully saturated rings. The number of rotatable bonds is 4. The molecule has 0 radical (unpaired) electrons. The second-order valence-corrected chi connectivity index (χ2v) is 5.29. The van der Waals surface area contributed by atoms with Crippen molar-refractivity contribution in [1.82, 2.24) is 0 Å². The van der Waals surface area contributed by atoms with Crippen molar-refractivity contribution in [2.24, 2.45) is 0 Å². The van der Waals surface area contributed by atoms with Gasteiger partial charge in [-0.1, -0.05) is 6.92 Å². The fourth-order valence-corrected chi connectivity index (χ4v) is 1.83. The molecule has 0 heterocycles. The van der Waals surface area contributed by atoms with Crippen LogP contribution in [0.4, 0.5) is 27.6 Å². The lowest BCUT2D eigenvalue weighted by molar-refractivity contribution is -0.0429. The summed E-state index contributed by atoms with van der Waals surface area (Å²) in [6.45, 7) is 1.29. The molecule has 0 saturated carbocycles. The van der Waals surface area contributed by atoms with Crippen LogP contribution in [0.2, 0.25) is 0 Å². The second-order valence-electron chi connectivity index (χ2n) is 3.61. The van der Waals surface area contributed by atoms with Crippen LogP contribution in [0.25, 0.3) is 0 Å². The largest absolute Gasteiger partial charge is 0.516 e. The lowest BCUT2D eigenvalue weighted by atomic mass is 10.1. The molecule has 0 aliphatic rings. The summed E-state index contributed by atoms with van der Waals surface area (Å²) in [5.41, 5.74) is -7.90. The Morgan fingerprint density at radius 1 is 1.25 bits per heavy atom. The molecule has 1 rings (SSSR count). The number of hydrogen-bond acceptors (Lipinski definition) is 3. The third kappa shape index (κ3) is 3.06. The number of carbonyl (C=O) groups is 1. The zero-order valence-electron chi connectivity index (χ0n) is 9.88. The van der Waals surface area contributed by atoms with Gasteiger partial charge < -0.3 is 0 Å². The Morgan fingerprint density at radius 2 is 1.80 bits per heavy atom. The van der Waals surface area contributed by atoms with Crippen molar-refractivity contribution in [2.75, 3.05) is 4.72 Å². The molecule has 0 aromatic heterocycles. The van der Waals surface area contributed by atoms with E-state index in [9.17, 15) is 35.2 Å². The lowest BCUT2D eigenvalue weighted by Gasteiger charge is -2.13. The van der Waals surface area contributed by atoms with E-state index in [4.69, 9.17) is 0 Å². The Labute approximate surface area is 110 Å². The molecule has 0 aliphatic heterocycles. The van der Waals surface area contributed by atoms with Crippen molar-refractivity contribution < 1.29 is 35.2 Å². The third-order valence-electron chi connectivity index (χ3n) is 2.24. The quantitative estimate of drug-likeness (QED) is 0.686. The van der Waals surface area contributed by atoms with Gasteiger partial charge >= 0.3 is 15.5 Å². The fraction of sp³-hybridized carbons (Fsp3) is 0.300. The van der Waals surface area contributed by atoms with Crippen molar-refractivity contribution in [3.63, 3.8) is 0 Å². The van der Waals surface area contributed by atoms with E-state index < -0.39 is 44.2 Å². The Morgan fingerprint density at radius 3 is 2.25 bits per heavy atom. The highest BCUT2D eigenvalue weighted by atomic mass is 32.2. The van der Waals surface area contributed by atoms with Gasteiger partial charge in [-0.15, -0.1) is 0 Å². The highest BCUT2D eigenvalue weighted by Crippen LogP contribution is 2.28. The minimum atomic E-state index is -5.86. The molecule has 0 aliphatic carbocycles. The number of sulfonamides is 1. The molecule has 1 N–H and O–H groups in total. The van der Waals surface area contributed by atoms with E-state index in [1.54, 1.807) is 0 Å². The summed E-state index contributed by atoms with van der Waals surface area (Å²) in [5, 5.41) is 0. The van der Waals surface area contributed by atoms with Gasteiger partial charge in [-0.25, -0.2) is 8.78 Å². The molecule has 0 saturated heterocycles. The molecule has 10 heteroatoms. The van der Waals surface area contributed by atoms with E-state index >= 15 is 0 Å². The first-order valence-electron chi connectivity index (χ1n) is 5.11. The number of hydrogen-bond donors (Lipinski definition) is 1. The molecule has 1 aromatic rings. The minimum Gasteiger partial charge on any atom is -0.294 e. The van der Waals surface area contributed by atoms with Crippen LogP contribution in [0.15, 0.2) is 12.1 Å². The first kappa shape index (κ1) is 16.3. The topological polar surface area (TPSA) is 63.2 Å². The maximum absolute atomic E-state index is 13.7. The smallest absolute Gasteiger partial charge is 0.294 e. The number of ketones is 1. The predicted octanol–water partition coefficient (Wildman–Crippen LogP) is 2.82. The second kappa shape index (κ2) is 5.35. The summed E-state index contributed by atoms with van der Waals surface area (Å²) < 4.78 is 86.0. The average Bonchev–Trinajstić information content (AvgIpc) is 2.31. The summed E-state index contributed by atoms with van der Waals surface area (Å²) in [6.07, 6.45) is -0.302. The molecular weight excluding hydrogens is 309 g/mol. The van der Waals surface area contributed by atoms with E-state index in [0.717, 1.165) is 4.72 Å². The fourth-order valence-electron chi connectivity index (χ4n) is 1.27. The molecule has 0 spiro atoms. The normalized spacial score (nSPS) is 12.3. The van der Waals surface area contributed by atoms with E-state index in [-0.39, 0.29) is 6.42 Å². The Hall–Kier alpha value is -1.71. The van der Waals surface area contributed by atoms with Crippen molar-refractivity contribution in [2.45, 2.75) is 18.9 Å². The van der Waals surface area contributed by atoms with Crippen LogP contribution in [0, 0.1) is 11.6 Å². The van der Waals surface area contributed by atoms with Crippen molar-refractivity contribution >= 4 is 21.5 Å². The van der Waals surface area contributed by atoms with Gasteiger partial charge in [-0.05, 0) is 12.1 Å². The molecule has 1 aromatic carbocycles. The van der Waals surface area contributed by atoms with Gasteiger partial charge in [0.1, 0.15) is 5.82 Å². The Balaban J connectivity index is 3.34. The van der Waals surface area contributed by atoms with Gasteiger partial charge in [0.25, 0.3) is 0 Å². The summed E-state index contributed by atoms with van der Waals surface area (Å²) in [6, 6.07) is 0.959. The first-order valence-corrected chi connectivity index (χ1v) is 6.60. The van der Waals surface area contributed by atoms with Crippen molar-refractivity contribution in [3.05, 3.63) is 29.3 Å². The molecular formula is C10H8F5NO3S. The number of Topliss-reactive ketones (excluding diaryl/α,β-unsaturated/α-hetero) is 1. The number of anilines is 1. The van der Waals surface area contributed by atoms with Crippen LogP contribution < -0.4 is 4.72 Å². The standard InChI is InChI=1S/C10H8F5NO3S/c1-2-7(17)8-5(11)3-4-6(9(8)12)16-20(18,19)10(13,14)15/h3-4,16H,2H2,1H3. The van der Waals surface area contributed by atoms with E-state index in [0.29, 0.717) is 12.1 Å². The molecule has 0 atom stereocenters. The highest BCUT2D eigenvalue weighted by molar-refractivity contribution is 7.93. The van der Waals surface area contributed by atoms with E-state index in [1.807, 2.05) is 0 Å². The third-order valence-corrected chi connectivity index (χ3v) is 3.34. The number of nitrogens with one attached hydrogen (secondary N) is 1. The predicted molar refractivity (Wildman–Crippen MR) is 59.6 cm³/mol. The lowest BCUT2D eigenvalue weighted by Crippen LogP contribution is -2.30. The van der Waals surface area contributed by atoms with Crippen molar-refractivity contribution in [1.29, 1.82) is 0 Å². The zero-order valence-corrected chi connectivity index (χ0v) is 10.7. The number of benzene rings is 1. The summed E-state index contributed by atoms with van der Waals surface area (Å²) in [4.78, 5) is 11.3.